The zero-order valence-electron chi connectivity index (χ0n) is 19.8. The molecule has 2 N–H and O–H groups in total. The van der Waals surface area contributed by atoms with Gasteiger partial charge in [-0.05, 0) is 37.6 Å². The number of hydrogen-bond donors (Lipinski definition) is 2. The van der Waals surface area contributed by atoms with E-state index in [4.69, 9.17) is 0 Å². The highest BCUT2D eigenvalue weighted by Gasteiger charge is 2.34. The molecule has 0 saturated carbocycles. The molecule has 36 heavy (non-hydrogen) atoms. The molecule has 9 nitrogen and oxygen atoms in total. The number of halogens is 3. The summed E-state index contributed by atoms with van der Waals surface area (Å²) in [7, 11) is 0. The number of anilines is 3. The molecular formula is C24H25F3N8O. The van der Waals surface area contributed by atoms with Gasteiger partial charge in [0.25, 0.3) is 0 Å². The molecule has 188 valence electrons. The third-order valence-electron chi connectivity index (χ3n) is 6.16. The molecule has 0 radical (unpaired) electrons. The highest BCUT2D eigenvalue weighted by Crippen LogP contribution is 2.33. The smallest absolute Gasteiger partial charge is 0.339 e. The van der Waals surface area contributed by atoms with Crippen LogP contribution < -0.4 is 10.2 Å². The van der Waals surface area contributed by atoms with E-state index in [1.54, 1.807) is 22.4 Å². The van der Waals surface area contributed by atoms with Crippen molar-refractivity contribution >= 4 is 29.0 Å². The molecule has 4 aromatic rings. The summed E-state index contributed by atoms with van der Waals surface area (Å²) in [4.78, 5) is 21.1. The molecular weight excluding hydrogens is 473 g/mol. The van der Waals surface area contributed by atoms with Gasteiger partial charge < -0.3 is 15.1 Å². The molecule has 0 spiro atoms. The maximum absolute atomic E-state index is 13.5. The summed E-state index contributed by atoms with van der Waals surface area (Å²) < 4.78 is 42.1. The fraction of sp³-hybridized carbons (Fsp3) is 0.333. The van der Waals surface area contributed by atoms with Crippen molar-refractivity contribution < 1.29 is 18.0 Å². The van der Waals surface area contributed by atoms with Crippen molar-refractivity contribution in [2.24, 2.45) is 0 Å². The summed E-state index contributed by atoms with van der Waals surface area (Å²) in [5, 5.41) is 14.9. The van der Waals surface area contributed by atoms with Crippen LogP contribution in [0.3, 0.4) is 0 Å². The molecule has 0 aliphatic carbocycles. The second-order valence-electron chi connectivity index (χ2n) is 8.86. The Morgan fingerprint density at radius 1 is 1.11 bits per heavy atom. The van der Waals surface area contributed by atoms with Gasteiger partial charge >= 0.3 is 6.18 Å². The second kappa shape index (κ2) is 9.17. The molecule has 5 rings (SSSR count). The molecule has 0 bridgehead atoms. The summed E-state index contributed by atoms with van der Waals surface area (Å²) in [5.74, 6) is 1.37. The van der Waals surface area contributed by atoms with Crippen LogP contribution in [0.5, 0.6) is 0 Å². The Morgan fingerprint density at radius 2 is 1.89 bits per heavy atom. The number of amides is 1. The van der Waals surface area contributed by atoms with E-state index in [0.29, 0.717) is 49.3 Å². The predicted octanol–water partition coefficient (Wildman–Crippen LogP) is 3.72. The molecule has 1 aliphatic rings. The van der Waals surface area contributed by atoms with Crippen LogP contribution in [0.25, 0.3) is 5.52 Å². The van der Waals surface area contributed by atoms with Gasteiger partial charge in [0.1, 0.15) is 5.52 Å². The number of aromatic amines is 1. The number of nitrogens with zero attached hydrogens (tertiary/aromatic N) is 6. The van der Waals surface area contributed by atoms with Crippen LogP contribution in [0.2, 0.25) is 0 Å². The van der Waals surface area contributed by atoms with Crippen LogP contribution in [0.1, 0.15) is 22.4 Å². The molecule has 1 aliphatic heterocycles. The van der Waals surface area contributed by atoms with Crippen LogP contribution in [-0.4, -0.2) is 61.8 Å². The molecule has 1 fully saturated rings. The number of benzene rings is 1. The average molecular weight is 499 g/mol. The van der Waals surface area contributed by atoms with Crippen LogP contribution in [0.15, 0.2) is 42.6 Å². The molecule has 12 heteroatoms. The van der Waals surface area contributed by atoms with Crippen molar-refractivity contribution in [3.05, 3.63) is 65.0 Å². The first-order valence-electron chi connectivity index (χ1n) is 11.5. The third-order valence-corrected chi connectivity index (χ3v) is 6.16. The lowest BCUT2D eigenvalue weighted by atomic mass is 10.0. The average Bonchev–Trinajstić information content (AvgIpc) is 3.48. The Balaban J connectivity index is 1.29. The minimum atomic E-state index is -4.50. The highest BCUT2D eigenvalue weighted by molar-refractivity contribution is 5.79. The standard InChI is InChI=1S/C24H25F3N8O/c1-15-5-6-17(18(12-15)24(25,26)27)14-21(36)33-8-10-34(11-9-33)23-29-22(19-4-3-7-35(19)32-23)28-20-13-16(2)30-31-20/h3-7,12-13H,8-11,14H2,1-2H3,(H2,28,29,30,31,32). The minimum Gasteiger partial charge on any atom is -0.339 e. The Hall–Kier alpha value is -4.09. The molecule has 4 heterocycles. The van der Waals surface area contributed by atoms with Crippen molar-refractivity contribution in [1.29, 1.82) is 0 Å². The van der Waals surface area contributed by atoms with Gasteiger partial charge in [-0.25, -0.2) is 4.52 Å². The number of nitrogens with one attached hydrogen (secondary N) is 2. The summed E-state index contributed by atoms with van der Waals surface area (Å²) in [6.45, 7) is 5.14. The quantitative estimate of drug-likeness (QED) is 0.436. The number of aromatic nitrogens is 5. The van der Waals surface area contributed by atoms with Crippen LogP contribution in [0, 0.1) is 13.8 Å². The van der Waals surface area contributed by atoms with Gasteiger partial charge in [0.05, 0.1) is 12.0 Å². The van der Waals surface area contributed by atoms with E-state index in [2.05, 4.69) is 25.6 Å². The largest absolute Gasteiger partial charge is 0.416 e. The fourth-order valence-corrected chi connectivity index (χ4v) is 4.29. The normalized spacial score (nSPS) is 14.5. The first-order valence-corrected chi connectivity index (χ1v) is 11.5. The lowest BCUT2D eigenvalue weighted by molar-refractivity contribution is -0.138. The Bertz CT molecular complexity index is 1400. The van der Waals surface area contributed by atoms with Crippen molar-refractivity contribution in [2.45, 2.75) is 26.4 Å². The predicted molar refractivity (Wildman–Crippen MR) is 128 cm³/mol. The summed E-state index contributed by atoms with van der Waals surface area (Å²) in [5.41, 5.74) is 1.43. The number of rotatable bonds is 5. The maximum atomic E-state index is 13.5. The Morgan fingerprint density at radius 3 is 2.58 bits per heavy atom. The number of hydrogen-bond acceptors (Lipinski definition) is 6. The van der Waals surface area contributed by atoms with Gasteiger partial charge in [0, 0.05) is 44.1 Å². The monoisotopic (exact) mass is 498 g/mol. The van der Waals surface area contributed by atoms with Crippen molar-refractivity contribution in [3.63, 3.8) is 0 Å². The van der Waals surface area contributed by atoms with E-state index in [0.717, 1.165) is 17.3 Å². The summed E-state index contributed by atoms with van der Waals surface area (Å²) >= 11 is 0. The maximum Gasteiger partial charge on any atom is 0.416 e. The van der Waals surface area contributed by atoms with E-state index in [1.165, 1.54) is 6.07 Å². The van der Waals surface area contributed by atoms with Gasteiger partial charge in [-0.1, -0.05) is 17.7 Å². The van der Waals surface area contributed by atoms with Gasteiger partial charge in [-0.15, -0.1) is 5.10 Å². The lowest BCUT2D eigenvalue weighted by Crippen LogP contribution is -2.49. The van der Waals surface area contributed by atoms with Gasteiger partial charge in [0.15, 0.2) is 11.6 Å². The van der Waals surface area contributed by atoms with Crippen LogP contribution >= 0.6 is 0 Å². The third kappa shape index (κ3) is 4.83. The van der Waals surface area contributed by atoms with Gasteiger partial charge in [0.2, 0.25) is 11.9 Å². The van der Waals surface area contributed by atoms with E-state index in [-0.39, 0.29) is 17.9 Å². The first kappa shape index (κ1) is 23.6. The number of alkyl halides is 3. The van der Waals surface area contributed by atoms with Crippen LogP contribution in [-0.2, 0) is 17.4 Å². The Kier molecular flexibility index (Phi) is 6.02. The molecule has 3 aromatic heterocycles. The number of carbonyl (C=O) groups excluding carboxylic acids is 1. The minimum absolute atomic E-state index is 0.00811. The number of H-pyrrole nitrogens is 1. The number of fused-ring (bicyclic) bond motifs is 1. The molecule has 0 unspecified atom stereocenters. The zero-order valence-corrected chi connectivity index (χ0v) is 19.8. The Labute approximate surface area is 204 Å². The van der Waals surface area contributed by atoms with Gasteiger partial charge in [-0.2, -0.15) is 23.3 Å². The van der Waals surface area contributed by atoms with E-state index in [9.17, 15) is 18.0 Å². The number of aryl methyl sites for hydroxylation is 2. The topological polar surface area (TPSA) is 94.5 Å². The van der Waals surface area contributed by atoms with E-state index in [1.807, 2.05) is 36.2 Å². The van der Waals surface area contributed by atoms with E-state index >= 15 is 0 Å². The van der Waals surface area contributed by atoms with E-state index < -0.39 is 11.7 Å². The molecule has 0 atom stereocenters. The molecule has 1 aromatic carbocycles. The highest BCUT2D eigenvalue weighted by atomic mass is 19.4. The fourth-order valence-electron chi connectivity index (χ4n) is 4.29. The first-order chi connectivity index (χ1) is 17.2. The van der Waals surface area contributed by atoms with Crippen molar-refractivity contribution in [1.82, 2.24) is 29.7 Å². The zero-order chi connectivity index (χ0) is 25.4. The SMILES string of the molecule is Cc1ccc(CC(=O)N2CCN(c3nc(Nc4cc(C)[nH]n4)c4cccn4n3)CC2)c(C(F)(F)F)c1. The molecule has 1 amide bonds. The summed E-state index contributed by atoms with van der Waals surface area (Å²) in [6, 6.07) is 9.70. The molecule has 1 saturated heterocycles. The summed E-state index contributed by atoms with van der Waals surface area (Å²) in [6.07, 6.45) is -2.98. The van der Waals surface area contributed by atoms with Gasteiger partial charge in [-0.3, -0.25) is 9.89 Å². The van der Waals surface area contributed by atoms with Crippen LogP contribution in [0.4, 0.5) is 30.8 Å². The van der Waals surface area contributed by atoms with Crippen molar-refractivity contribution in [3.8, 4) is 0 Å². The lowest BCUT2D eigenvalue weighted by Gasteiger charge is -2.35. The van der Waals surface area contributed by atoms with Crippen molar-refractivity contribution in [2.75, 3.05) is 36.4 Å². The second-order valence-corrected chi connectivity index (χ2v) is 8.86. The number of carbonyl (C=O) groups is 1. The number of piperazine rings is 1.